The van der Waals surface area contributed by atoms with E-state index in [2.05, 4.69) is 4.72 Å². The third-order valence-corrected chi connectivity index (χ3v) is 6.07. The Morgan fingerprint density at radius 3 is 2.52 bits per heavy atom. The van der Waals surface area contributed by atoms with E-state index in [0.717, 1.165) is 17.2 Å². The second-order valence-corrected chi connectivity index (χ2v) is 8.33. The molecule has 0 spiro atoms. The van der Waals surface area contributed by atoms with Gasteiger partial charge in [-0.25, -0.2) is 17.6 Å². The first kappa shape index (κ1) is 20.5. The van der Waals surface area contributed by atoms with E-state index in [1.807, 2.05) is 6.07 Å². The zero-order valence-corrected chi connectivity index (χ0v) is 16.5. The number of sulfonamides is 1. The van der Waals surface area contributed by atoms with Crippen LogP contribution >= 0.6 is 0 Å². The molecule has 0 saturated carbocycles. The quantitative estimate of drug-likeness (QED) is 0.601. The molecule has 0 heterocycles. The summed E-state index contributed by atoms with van der Waals surface area (Å²) in [5, 5.41) is 9.11. The fraction of sp³-hybridized carbons (Fsp3) is 0.136. The zero-order chi connectivity index (χ0) is 21.0. The molecule has 29 heavy (non-hydrogen) atoms. The number of aromatic carboxylic acids is 1. The van der Waals surface area contributed by atoms with E-state index in [-0.39, 0.29) is 10.5 Å². The van der Waals surface area contributed by atoms with Crippen molar-refractivity contribution in [2.75, 3.05) is 4.72 Å². The molecule has 0 aliphatic rings. The van der Waals surface area contributed by atoms with Crippen LogP contribution in [-0.4, -0.2) is 19.5 Å². The largest absolute Gasteiger partial charge is 0.478 e. The number of carbonyl (C=O) groups is 1. The minimum Gasteiger partial charge on any atom is -0.478 e. The van der Waals surface area contributed by atoms with Gasteiger partial charge >= 0.3 is 5.97 Å². The number of rotatable bonds is 7. The highest BCUT2D eigenvalue weighted by Crippen LogP contribution is 2.24. The number of hydrogen-bond acceptors (Lipinski definition) is 3. The van der Waals surface area contributed by atoms with Gasteiger partial charge < -0.3 is 5.11 Å². The number of para-hydroxylation sites is 1. The number of benzene rings is 3. The Labute approximate surface area is 168 Å². The van der Waals surface area contributed by atoms with E-state index < -0.39 is 21.8 Å². The summed E-state index contributed by atoms with van der Waals surface area (Å²) in [7, 11) is -3.96. The van der Waals surface area contributed by atoms with Crippen LogP contribution in [0.25, 0.3) is 0 Å². The summed E-state index contributed by atoms with van der Waals surface area (Å²) in [6.45, 7) is 1.61. The lowest BCUT2D eigenvalue weighted by molar-refractivity contribution is 0.0696. The van der Waals surface area contributed by atoms with Crippen LogP contribution in [-0.2, 0) is 22.9 Å². The van der Waals surface area contributed by atoms with E-state index >= 15 is 0 Å². The summed E-state index contributed by atoms with van der Waals surface area (Å²) in [6.07, 6.45) is 1.04. The van der Waals surface area contributed by atoms with Gasteiger partial charge in [0, 0.05) is 0 Å². The lowest BCUT2D eigenvalue weighted by Crippen LogP contribution is -2.16. The minimum atomic E-state index is -3.96. The Kier molecular flexibility index (Phi) is 5.98. The van der Waals surface area contributed by atoms with Crippen LogP contribution in [0.1, 0.15) is 27.0 Å². The van der Waals surface area contributed by atoms with Gasteiger partial charge in [-0.15, -0.1) is 0 Å². The summed E-state index contributed by atoms with van der Waals surface area (Å²) in [4.78, 5) is 11.0. The Bertz CT molecular complexity index is 1160. The third-order valence-electron chi connectivity index (χ3n) is 4.56. The smallest absolute Gasteiger partial charge is 0.335 e. The zero-order valence-electron chi connectivity index (χ0n) is 15.7. The van der Waals surface area contributed by atoms with Crippen molar-refractivity contribution in [1.29, 1.82) is 0 Å². The molecule has 150 valence electrons. The SMILES string of the molecule is Cc1ccc(F)cc1S(=O)(=O)Nc1ccccc1CCc1cccc(C(=O)O)c1. The first-order valence-corrected chi connectivity index (χ1v) is 10.4. The fourth-order valence-corrected chi connectivity index (χ4v) is 4.40. The molecule has 7 heteroatoms. The van der Waals surface area contributed by atoms with Gasteiger partial charge in [-0.1, -0.05) is 36.4 Å². The summed E-state index contributed by atoms with van der Waals surface area (Å²) in [5.41, 5.74) is 2.65. The lowest BCUT2D eigenvalue weighted by Gasteiger charge is -2.14. The minimum absolute atomic E-state index is 0.110. The lowest BCUT2D eigenvalue weighted by atomic mass is 10.0. The van der Waals surface area contributed by atoms with Crippen LogP contribution in [0.5, 0.6) is 0 Å². The normalized spacial score (nSPS) is 11.2. The molecule has 0 saturated heterocycles. The molecule has 0 unspecified atom stereocenters. The maximum absolute atomic E-state index is 13.6. The van der Waals surface area contributed by atoms with Crippen LogP contribution in [0.4, 0.5) is 10.1 Å². The first-order valence-electron chi connectivity index (χ1n) is 8.95. The topological polar surface area (TPSA) is 83.5 Å². The summed E-state index contributed by atoms with van der Waals surface area (Å²) < 4.78 is 41.7. The molecule has 3 aromatic rings. The van der Waals surface area contributed by atoms with Crippen molar-refractivity contribution in [3.8, 4) is 0 Å². The highest BCUT2D eigenvalue weighted by Gasteiger charge is 2.19. The molecular weight excluding hydrogens is 393 g/mol. The maximum Gasteiger partial charge on any atom is 0.335 e. The second-order valence-electron chi connectivity index (χ2n) is 6.68. The molecule has 0 amide bonds. The van der Waals surface area contributed by atoms with Gasteiger partial charge in [0.05, 0.1) is 16.1 Å². The molecule has 0 aliphatic heterocycles. The van der Waals surface area contributed by atoms with Gasteiger partial charge in [-0.3, -0.25) is 4.72 Å². The Morgan fingerprint density at radius 2 is 1.76 bits per heavy atom. The van der Waals surface area contributed by atoms with Crippen LogP contribution in [0.3, 0.4) is 0 Å². The van der Waals surface area contributed by atoms with E-state index in [9.17, 15) is 17.6 Å². The van der Waals surface area contributed by atoms with Gasteiger partial charge in [0.25, 0.3) is 10.0 Å². The molecule has 0 aliphatic carbocycles. The van der Waals surface area contributed by atoms with E-state index in [0.29, 0.717) is 24.1 Å². The predicted octanol–water partition coefficient (Wildman–Crippen LogP) is 4.42. The molecule has 0 atom stereocenters. The van der Waals surface area contributed by atoms with E-state index in [1.165, 1.54) is 18.2 Å². The molecule has 0 fully saturated rings. The molecule has 0 bridgehead atoms. The maximum atomic E-state index is 13.6. The van der Waals surface area contributed by atoms with Crippen LogP contribution in [0.2, 0.25) is 0 Å². The molecule has 3 rings (SSSR count). The van der Waals surface area contributed by atoms with Crippen LogP contribution in [0, 0.1) is 12.7 Å². The number of carboxylic acid groups (broad SMARTS) is 1. The Balaban J connectivity index is 1.83. The molecular formula is C22H20FNO4S. The van der Waals surface area contributed by atoms with Gasteiger partial charge in [0.1, 0.15) is 5.82 Å². The number of anilines is 1. The standard InChI is InChI=1S/C22H20FNO4S/c1-15-9-12-19(23)14-21(15)29(27,28)24-20-8-3-2-6-17(20)11-10-16-5-4-7-18(13-16)22(25)26/h2-9,12-14,24H,10-11H2,1H3,(H,25,26). The van der Waals surface area contributed by atoms with Gasteiger partial charge in [0.15, 0.2) is 0 Å². The van der Waals surface area contributed by atoms with Crippen molar-refractivity contribution < 1.29 is 22.7 Å². The van der Waals surface area contributed by atoms with Crippen LogP contribution in [0.15, 0.2) is 71.6 Å². The molecule has 3 aromatic carbocycles. The van der Waals surface area contributed by atoms with Crippen molar-refractivity contribution in [3.63, 3.8) is 0 Å². The number of aryl methyl sites for hydroxylation is 3. The average molecular weight is 413 g/mol. The summed E-state index contributed by atoms with van der Waals surface area (Å²) in [6, 6.07) is 17.2. The summed E-state index contributed by atoms with van der Waals surface area (Å²) in [5.74, 6) is -1.62. The van der Waals surface area contributed by atoms with Gasteiger partial charge in [-0.05, 0) is 66.8 Å². The number of hydrogen-bond donors (Lipinski definition) is 2. The first-order chi connectivity index (χ1) is 13.8. The molecule has 0 radical (unpaired) electrons. The molecule has 5 nitrogen and oxygen atoms in total. The fourth-order valence-electron chi connectivity index (χ4n) is 3.04. The number of nitrogens with one attached hydrogen (secondary N) is 1. The highest BCUT2D eigenvalue weighted by molar-refractivity contribution is 7.92. The van der Waals surface area contributed by atoms with E-state index in [4.69, 9.17) is 5.11 Å². The molecule has 2 N–H and O–H groups in total. The van der Waals surface area contributed by atoms with Crippen molar-refractivity contribution in [1.82, 2.24) is 0 Å². The van der Waals surface area contributed by atoms with Gasteiger partial charge in [0.2, 0.25) is 0 Å². The highest BCUT2D eigenvalue weighted by atomic mass is 32.2. The molecule has 0 aromatic heterocycles. The van der Waals surface area contributed by atoms with E-state index in [1.54, 1.807) is 43.3 Å². The summed E-state index contributed by atoms with van der Waals surface area (Å²) >= 11 is 0. The number of halogens is 1. The van der Waals surface area contributed by atoms with Crippen molar-refractivity contribution in [2.24, 2.45) is 0 Å². The van der Waals surface area contributed by atoms with Gasteiger partial charge in [-0.2, -0.15) is 0 Å². The van der Waals surface area contributed by atoms with Crippen molar-refractivity contribution in [3.05, 3.63) is 94.8 Å². The third kappa shape index (κ3) is 5.00. The average Bonchev–Trinajstić information content (AvgIpc) is 2.69. The number of carboxylic acids is 1. The Morgan fingerprint density at radius 1 is 1.00 bits per heavy atom. The van der Waals surface area contributed by atoms with Crippen LogP contribution < -0.4 is 4.72 Å². The second kappa shape index (κ2) is 8.45. The predicted molar refractivity (Wildman–Crippen MR) is 109 cm³/mol. The van der Waals surface area contributed by atoms with Crippen molar-refractivity contribution in [2.45, 2.75) is 24.7 Å². The monoisotopic (exact) mass is 413 g/mol. The Hall–Kier alpha value is -3.19. The van der Waals surface area contributed by atoms with Crippen molar-refractivity contribution >= 4 is 21.7 Å².